The average molecular weight is 539 g/mol. The Balaban J connectivity index is 0.00000341. The summed E-state index contributed by atoms with van der Waals surface area (Å²) in [5, 5.41) is 6.39. The second-order valence-corrected chi connectivity index (χ2v) is 6.64. The summed E-state index contributed by atoms with van der Waals surface area (Å²) < 4.78 is 27.3. The summed E-state index contributed by atoms with van der Waals surface area (Å²) in [6.07, 6.45) is 4.77. The molecule has 1 heterocycles. The third-order valence-electron chi connectivity index (χ3n) is 4.43. The number of hydrogen-bond donors (Lipinski definition) is 2. The fourth-order valence-corrected chi connectivity index (χ4v) is 2.89. The minimum absolute atomic E-state index is 0. The monoisotopic (exact) mass is 539 g/mol. The zero-order chi connectivity index (χ0) is 21.3. The molecule has 9 heteroatoms. The molecule has 7 nitrogen and oxygen atoms in total. The van der Waals surface area contributed by atoms with Crippen molar-refractivity contribution in [1.29, 1.82) is 0 Å². The van der Waals surface area contributed by atoms with Crippen molar-refractivity contribution >= 4 is 29.9 Å². The Morgan fingerprint density at radius 1 is 1.19 bits per heavy atom. The van der Waals surface area contributed by atoms with Crippen LogP contribution in [0.15, 0.2) is 66.2 Å². The zero-order valence-electron chi connectivity index (χ0n) is 17.7. The first-order chi connectivity index (χ1) is 14.6. The number of aliphatic imine (C=N–C) groups is 1. The highest BCUT2D eigenvalue weighted by molar-refractivity contribution is 14.0. The van der Waals surface area contributed by atoms with Crippen molar-refractivity contribution in [2.24, 2.45) is 4.99 Å². The van der Waals surface area contributed by atoms with Crippen LogP contribution in [0.4, 0.5) is 4.39 Å². The zero-order valence-corrected chi connectivity index (χ0v) is 20.0. The largest absolute Gasteiger partial charge is 0.493 e. The summed E-state index contributed by atoms with van der Waals surface area (Å²) in [5.41, 5.74) is 1.26. The predicted octanol–water partition coefficient (Wildman–Crippen LogP) is 3.77. The highest BCUT2D eigenvalue weighted by atomic mass is 127. The lowest BCUT2D eigenvalue weighted by Gasteiger charge is -2.19. The highest BCUT2D eigenvalue weighted by Crippen LogP contribution is 2.26. The van der Waals surface area contributed by atoms with Crippen molar-refractivity contribution < 1.29 is 13.9 Å². The van der Waals surface area contributed by atoms with Gasteiger partial charge in [0.25, 0.3) is 0 Å². The van der Waals surface area contributed by atoms with Gasteiger partial charge in [-0.25, -0.2) is 9.37 Å². The summed E-state index contributed by atoms with van der Waals surface area (Å²) in [6, 6.07) is 12.6. The molecule has 2 aromatic carbocycles. The first-order valence-electron chi connectivity index (χ1n) is 9.61. The van der Waals surface area contributed by atoms with Crippen LogP contribution in [0.1, 0.15) is 12.5 Å². The molecule has 0 radical (unpaired) electrons. The second-order valence-electron chi connectivity index (χ2n) is 6.64. The number of imidazole rings is 1. The maximum atomic E-state index is 14.4. The van der Waals surface area contributed by atoms with Gasteiger partial charge in [0.15, 0.2) is 17.5 Å². The van der Waals surface area contributed by atoms with Crippen LogP contribution < -0.4 is 20.1 Å². The van der Waals surface area contributed by atoms with Crippen LogP contribution in [-0.2, 0) is 6.54 Å². The molecule has 1 atom stereocenters. The molecule has 0 aliphatic carbocycles. The summed E-state index contributed by atoms with van der Waals surface area (Å²) in [7, 11) is 3.30. The number of benzene rings is 2. The van der Waals surface area contributed by atoms with Crippen molar-refractivity contribution in [3.63, 3.8) is 0 Å². The molecule has 0 bridgehead atoms. The summed E-state index contributed by atoms with van der Waals surface area (Å²) in [6.45, 7) is 2.92. The van der Waals surface area contributed by atoms with Crippen LogP contribution in [0.25, 0.3) is 5.69 Å². The van der Waals surface area contributed by atoms with E-state index in [0.717, 1.165) is 5.56 Å². The van der Waals surface area contributed by atoms with Crippen LogP contribution in [-0.4, -0.2) is 42.3 Å². The standard InChI is InChI=1S/C22H26FN5O2.HI/c1-16(30-21-7-5-4-6-20(21)29-3)13-26-22(24-2)27-14-17-8-9-19(18(23)12-17)28-11-10-25-15-28;/h4-12,15-16H,13-14H2,1-3H3,(H2,24,26,27);1H. The molecule has 0 saturated heterocycles. The van der Waals surface area contributed by atoms with Gasteiger partial charge in [-0.3, -0.25) is 4.99 Å². The highest BCUT2D eigenvalue weighted by Gasteiger charge is 2.10. The maximum absolute atomic E-state index is 14.4. The Hall–Kier alpha value is -2.82. The van der Waals surface area contributed by atoms with Gasteiger partial charge < -0.3 is 24.7 Å². The Bertz CT molecular complexity index is 982. The molecule has 0 aliphatic rings. The smallest absolute Gasteiger partial charge is 0.191 e. The fraction of sp³-hybridized carbons (Fsp3) is 0.273. The van der Waals surface area contributed by atoms with E-state index in [2.05, 4.69) is 20.6 Å². The van der Waals surface area contributed by atoms with Crippen LogP contribution in [0.3, 0.4) is 0 Å². The lowest BCUT2D eigenvalue weighted by Crippen LogP contribution is -2.41. The van der Waals surface area contributed by atoms with Gasteiger partial charge in [-0.05, 0) is 36.8 Å². The molecule has 31 heavy (non-hydrogen) atoms. The van der Waals surface area contributed by atoms with Crippen molar-refractivity contribution in [3.05, 3.63) is 72.6 Å². The van der Waals surface area contributed by atoms with Crippen LogP contribution >= 0.6 is 24.0 Å². The Labute approximate surface area is 198 Å². The number of aromatic nitrogens is 2. The van der Waals surface area contributed by atoms with Gasteiger partial charge in [-0.1, -0.05) is 18.2 Å². The molecular formula is C22H27FIN5O2. The third kappa shape index (κ3) is 6.84. The molecule has 166 valence electrons. The van der Waals surface area contributed by atoms with E-state index in [-0.39, 0.29) is 35.9 Å². The molecule has 0 aliphatic heterocycles. The number of para-hydroxylation sites is 2. The van der Waals surface area contributed by atoms with Crippen molar-refractivity contribution in [2.75, 3.05) is 20.7 Å². The van der Waals surface area contributed by atoms with Gasteiger partial charge in [0.2, 0.25) is 0 Å². The molecule has 1 aromatic heterocycles. The van der Waals surface area contributed by atoms with E-state index in [1.807, 2.05) is 37.3 Å². The van der Waals surface area contributed by atoms with Gasteiger partial charge in [0, 0.05) is 26.0 Å². The van der Waals surface area contributed by atoms with Crippen molar-refractivity contribution in [3.8, 4) is 17.2 Å². The fourth-order valence-electron chi connectivity index (χ4n) is 2.89. The number of halogens is 2. The van der Waals surface area contributed by atoms with Crippen LogP contribution in [0, 0.1) is 5.82 Å². The average Bonchev–Trinajstić information content (AvgIpc) is 3.29. The van der Waals surface area contributed by atoms with E-state index in [1.54, 1.807) is 43.5 Å². The van der Waals surface area contributed by atoms with E-state index < -0.39 is 0 Å². The van der Waals surface area contributed by atoms with E-state index >= 15 is 0 Å². The number of rotatable bonds is 8. The summed E-state index contributed by atoms with van der Waals surface area (Å²) in [4.78, 5) is 8.15. The first-order valence-corrected chi connectivity index (χ1v) is 9.61. The topological polar surface area (TPSA) is 72.7 Å². The number of guanidine groups is 1. The third-order valence-corrected chi connectivity index (χ3v) is 4.43. The molecular weight excluding hydrogens is 512 g/mol. The maximum Gasteiger partial charge on any atom is 0.191 e. The molecule has 0 amide bonds. The van der Waals surface area contributed by atoms with Gasteiger partial charge >= 0.3 is 0 Å². The van der Waals surface area contributed by atoms with Gasteiger partial charge in [0.05, 0.1) is 25.7 Å². The van der Waals surface area contributed by atoms with Crippen LogP contribution in [0.2, 0.25) is 0 Å². The number of methoxy groups -OCH3 is 1. The van der Waals surface area contributed by atoms with Crippen molar-refractivity contribution in [2.45, 2.75) is 19.6 Å². The van der Waals surface area contributed by atoms with Gasteiger partial charge in [-0.2, -0.15) is 0 Å². The van der Waals surface area contributed by atoms with Gasteiger partial charge in [-0.15, -0.1) is 24.0 Å². The van der Waals surface area contributed by atoms with E-state index in [1.165, 1.54) is 6.07 Å². The Morgan fingerprint density at radius 3 is 2.61 bits per heavy atom. The molecule has 0 fully saturated rings. The SMILES string of the molecule is CN=C(NCc1ccc(-n2ccnc2)c(F)c1)NCC(C)Oc1ccccc1OC.I. The molecule has 2 N–H and O–H groups in total. The van der Waals surface area contributed by atoms with E-state index in [0.29, 0.717) is 36.2 Å². The Morgan fingerprint density at radius 2 is 1.97 bits per heavy atom. The van der Waals surface area contributed by atoms with Gasteiger partial charge in [0.1, 0.15) is 11.9 Å². The summed E-state index contributed by atoms with van der Waals surface area (Å²) in [5.74, 6) is 1.66. The van der Waals surface area contributed by atoms with E-state index in [9.17, 15) is 4.39 Å². The number of ether oxygens (including phenoxy) is 2. The molecule has 1 unspecified atom stereocenters. The Kier molecular flexibility index (Phi) is 9.57. The van der Waals surface area contributed by atoms with Crippen molar-refractivity contribution in [1.82, 2.24) is 20.2 Å². The predicted molar refractivity (Wildman–Crippen MR) is 130 cm³/mol. The molecule has 3 rings (SSSR count). The minimum atomic E-state index is -0.311. The molecule has 0 saturated carbocycles. The second kappa shape index (κ2) is 12.1. The molecule has 3 aromatic rings. The number of nitrogens with one attached hydrogen (secondary N) is 2. The first kappa shape index (κ1) is 24.4. The minimum Gasteiger partial charge on any atom is -0.493 e. The quantitative estimate of drug-likeness (QED) is 0.259. The molecule has 0 spiro atoms. The van der Waals surface area contributed by atoms with Crippen LogP contribution in [0.5, 0.6) is 11.5 Å². The summed E-state index contributed by atoms with van der Waals surface area (Å²) >= 11 is 0. The lowest BCUT2D eigenvalue weighted by molar-refractivity contribution is 0.213. The lowest BCUT2D eigenvalue weighted by atomic mass is 10.2. The number of nitrogens with zero attached hydrogens (tertiary/aromatic N) is 3. The number of hydrogen-bond acceptors (Lipinski definition) is 4. The normalized spacial score (nSPS) is 11.9. The van der Waals surface area contributed by atoms with E-state index in [4.69, 9.17) is 9.47 Å².